The molecule has 2 rings (SSSR count). The molecule has 0 saturated heterocycles. The summed E-state index contributed by atoms with van der Waals surface area (Å²) < 4.78 is 32.5. The molecule has 1 heterocycles. The van der Waals surface area contributed by atoms with E-state index in [1.165, 1.54) is 12.1 Å². The van der Waals surface area contributed by atoms with Gasteiger partial charge < -0.3 is 9.84 Å². The molecule has 1 aromatic carbocycles. The average Bonchev–Trinajstić information content (AvgIpc) is 3.08. The van der Waals surface area contributed by atoms with Crippen LogP contribution in [0, 0.1) is 6.92 Å². The maximum Gasteiger partial charge on any atom is 0.241 e. The van der Waals surface area contributed by atoms with Gasteiger partial charge in [-0.15, -0.1) is 0 Å². The molecule has 0 spiro atoms. The number of nitrogens with zero attached hydrogens (tertiary/aromatic N) is 2. The zero-order valence-electron chi connectivity index (χ0n) is 15.3. The molecule has 0 saturated carbocycles. The quantitative estimate of drug-likeness (QED) is 0.538. The topological polar surface area (TPSA) is 114 Å². The van der Waals surface area contributed by atoms with Gasteiger partial charge in [0, 0.05) is 13.0 Å². The molecule has 1 unspecified atom stereocenters. The molecule has 8 nitrogen and oxygen atoms in total. The Balaban J connectivity index is 1.90. The first-order valence-electron chi connectivity index (χ1n) is 8.55. The molecule has 0 bridgehead atoms. The lowest BCUT2D eigenvalue weighted by molar-refractivity contribution is -0.122. The summed E-state index contributed by atoms with van der Waals surface area (Å²) >= 11 is 1.55. The van der Waals surface area contributed by atoms with Crippen molar-refractivity contribution >= 4 is 27.7 Å². The number of hydrogen-bond donors (Lipinski definition) is 2. The second kappa shape index (κ2) is 10.4. The van der Waals surface area contributed by atoms with E-state index in [1.54, 1.807) is 36.9 Å². The van der Waals surface area contributed by atoms with Crippen LogP contribution >= 0.6 is 11.8 Å². The van der Waals surface area contributed by atoms with Crippen molar-refractivity contribution in [2.75, 3.05) is 18.6 Å². The Bertz CT molecular complexity index is 824. The fraction of sp³-hybridized carbons (Fsp3) is 0.471. The van der Waals surface area contributed by atoms with Crippen LogP contribution in [-0.2, 0) is 21.2 Å². The van der Waals surface area contributed by atoms with Gasteiger partial charge in [-0.2, -0.15) is 21.5 Å². The Morgan fingerprint density at radius 2 is 2.04 bits per heavy atom. The van der Waals surface area contributed by atoms with E-state index < -0.39 is 16.1 Å². The van der Waals surface area contributed by atoms with E-state index in [0.717, 1.165) is 0 Å². The summed E-state index contributed by atoms with van der Waals surface area (Å²) in [6, 6.07) is 7.20. The predicted molar refractivity (Wildman–Crippen MR) is 104 cm³/mol. The third-order valence-electron chi connectivity index (χ3n) is 3.71. The summed E-state index contributed by atoms with van der Waals surface area (Å²) in [6.07, 6.45) is 3.48. The Kier molecular flexibility index (Phi) is 8.26. The molecule has 0 aliphatic carbocycles. The fourth-order valence-electron chi connectivity index (χ4n) is 2.35. The van der Waals surface area contributed by atoms with Crippen LogP contribution < -0.4 is 10.0 Å². The largest absolute Gasteiger partial charge is 0.355 e. The Morgan fingerprint density at radius 1 is 1.30 bits per heavy atom. The van der Waals surface area contributed by atoms with Gasteiger partial charge in [-0.1, -0.05) is 23.4 Å². The van der Waals surface area contributed by atoms with Crippen LogP contribution in [0.5, 0.6) is 0 Å². The predicted octanol–water partition coefficient (Wildman–Crippen LogP) is 1.53. The van der Waals surface area contributed by atoms with Gasteiger partial charge in [-0.3, -0.25) is 4.79 Å². The van der Waals surface area contributed by atoms with Crippen molar-refractivity contribution < 1.29 is 17.7 Å². The second-order valence-electron chi connectivity index (χ2n) is 5.90. The van der Waals surface area contributed by atoms with Crippen molar-refractivity contribution in [2.24, 2.45) is 0 Å². The molecule has 0 fully saturated rings. The Morgan fingerprint density at radius 3 is 2.67 bits per heavy atom. The Labute approximate surface area is 163 Å². The number of carbonyl (C=O) groups excluding carboxylic acids is 1. The molecule has 0 aliphatic heterocycles. The zero-order chi connectivity index (χ0) is 19.7. The van der Waals surface area contributed by atoms with E-state index in [1.807, 2.05) is 6.26 Å². The molecule has 2 aromatic rings. The molecule has 2 N–H and O–H groups in total. The van der Waals surface area contributed by atoms with Gasteiger partial charge in [0.05, 0.1) is 4.90 Å². The van der Waals surface area contributed by atoms with E-state index in [9.17, 15) is 13.2 Å². The summed E-state index contributed by atoms with van der Waals surface area (Å²) in [5, 5.41) is 6.49. The average molecular weight is 413 g/mol. The smallest absolute Gasteiger partial charge is 0.241 e. The van der Waals surface area contributed by atoms with Crippen molar-refractivity contribution in [3.63, 3.8) is 0 Å². The molecule has 1 aromatic heterocycles. The number of sulfonamides is 1. The van der Waals surface area contributed by atoms with Crippen LogP contribution in [0.25, 0.3) is 0 Å². The van der Waals surface area contributed by atoms with Crippen molar-refractivity contribution in [3.05, 3.63) is 42.0 Å². The zero-order valence-corrected chi connectivity index (χ0v) is 17.0. The molecule has 148 valence electrons. The number of aromatic nitrogens is 2. The van der Waals surface area contributed by atoms with Crippen LogP contribution in [0.15, 0.2) is 39.8 Å². The van der Waals surface area contributed by atoms with Crippen LogP contribution in [-0.4, -0.2) is 49.1 Å². The Hall–Kier alpha value is -1.91. The number of thioether (sulfide) groups is 1. The maximum absolute atomic E-state index is 12.5. The lowest BCUT2D eigenvalue weighted by Gasteiger charge is -2.18. The van der Waals surface area contributed by atoms with E-state index in [2.05, 4.69) is 20.2 Å². The van der Waals surface area contributed by atoms with Gasteiger partial charge >= 0.3 is 0 Å². The lowest BCUT2D eigenvalue weighted by atomic mass is 10.2. The third kappa shape index (κ3) is 6.96. The lowest BCUT2D eigenvalue weighted by Crippen LogP contribution is -2.47. The number of carbonyl (C=O) groups is 1. The summed E-state index contributed by atoms with van der Waals surface area (Å²) in [7, 11) is -3.76. The van der Waals surface area contributed by atoms with Crippen LogP contribution in [0.3, 0.4) is 0 Å². The minimum Gasteiger partial charge on any atom is -0.355 e. The van der Waals surface area contributed by atoms with Crippen molar-refractivity contribution in [3.8, 4) is 0 Å². The van der Waals surface area contributed by atoms with Crippen molar-refractivity contribution in [1.82, 2.24) is 20.2 Å². The SMILES string of the molecule is CSCCC(NS(=O)(=O)c1ccccc1)C(=O)NCCCc1nc(C)no1. The summed E-state index contributed by atoms with van der Waals surface area (Å²) in [5.41, 5.74) is 0. The van der Waals surface area contributed by atoms with E-state index in [-0.39, 0.29) is 10.8 Å². The highest BCUT2D eigenvalue weighted by Gasteiger charge is 2.25. The first-order valence-corrected chi connectivity index (χ1v) is 11.4. The van der Waals surface area contributed by atoms with E-state index >= 15 is 0 Å². The van der Waals surface area contributed by atoms with Gasteiger partial charge in [-0.25, -0.2) is 8.42 Å². The molecular weight excluding hydrogens is 388 g/mol. The molecular formula is C17H24N4O4S2. The number of rotatable bonds is 11. The third-order valence-corrected chi connectivity index (χ3v) is 5.85. The van der Waals surface area contributed by atoms with Crippen LogP contribution in [0.1, 0.15) is 24.6 Å². The maximum atomic E-state index is 12.5. The second-order valence-corrected chi connectivity index (χ2v) is 8.60. The molecule has 0 radical (unpaired) electrons. The monoisotopic (exact) mass is 412 g/mol. The van der Waals surface area contributed by atoms with Gasteiger partial charge in [0.25, 0.3) is 0 Å². The minimum atomic E-state index is -3.76. The molecule has 27 heavy (non-hydrogen) atoms. The van der Waals surface area contributed by atoms with Gasteiger partial charge in [0.2, 0.25) is 21.8 Å². The molecule has 10 heteroatoms. The molecule has 1 amide bonds. The van der Waals surface area contributed by atoms with Gasteiger partial charge in [0.15, 0.2) is 5.82 Å². The number of aryl methyl sites for hydroxylation is 2. The number of nitrogens with one attached hydrogen (secondary N) is 2. The van der Waals surface area contributed by atoms with Crippen molar-refractivity contribution in [2.45, 2.75) is 37.1 Å². The highest BCUT2D eigenvalue weighted by Crippen LogP contribution is 2.10. The van der Waals surface area contributed by atoms with E-state index in [4.69, 9.17) is 4.52 Å². The van der Waals surface area contributed by atoms with Crippen LogP contribution in [0.2, 0.25) is 0 Å². The van der Waals surface area contributed by atoms with Gasteiger partial charge in [0.1, 0.15) is 6.04 Å². The summed E-state index contributed by atoms with van der Waals surface area (Å²) in [4.78, 5) is 16.7. The molecule has 1 atom stereocenters. The summed E-state index contributed by atoms with van der Waals surface area (Å²) in [6.45, 7) is 2.13. The summed E-state index contributed by atoms with van der Waals surface area (Å²) in [5.74, 6) is 1.41. The number of benzene rings is 1. The van der Waals surface area contributed by atoms with Crippen LogP contribution in [0.4, 0.5) is 0 Å². The number of hydrogen-bond acceptors (Lipinski definition) is 7. The standard InChI is InChI=1S/C17H24N4O4S2/c1-13-19-16(25-20-13)9-6-11-18-17(22)15(10-12-26-2)21-27(23,24)14-7-4-3-5-8-14/h3-5,7-8,15,21H,6,9-12H2,1-2H3,(H,18,22). The minimum absolute atomic E-state index is 0.138. The fourth-order valence-corrected chi connectivity index (χ4v) is 4.07. The normalized spacial score (nSPS) is 12.7. The van der Waals surface area contributed by atoms with E-state index in [0.29, 0.717) is 43.3 Å². The highest BCUT2D eigenvalue weighted by molar-refractivity contribution is 7.98. The highest BCUT2D eigenvalue weighted by atomic mass is 32.2. The first kappa shape index (κ1) is 21.4. The van der Waals surface area contributed by atoms with Gasteiger partial charge in [-0.05, 0) is 43.9 Å². The number of amides is 1. The first-order chi connectivity index (χ1) is 12.9. The van der Waals surface area contributed by atoms with Crippen molar-refractivity contribution in [1.29, 1.82) is 0 Å². The molecule has 0 aliphatic rings.